The molecule has 3 aliphatic heterocycles. The van der Waals surface area contributed by atoms with Crippen molar-refractivity contribution < 1.29 is 74.1 Å². The lowest BCUT2D eigenvalue weighted by Gasteiger charge is -2.46. The highest BCUT2D eigenvalue weighted by molar-refractivity contribution is 7.80. The predicted molar refractivity (Wildman–Crippen MR) is 272 cm³/mol. The van der Waals surface area contributed by atoms with Gasteiger partial charge in [0.05, 0.1) is 83.6 Å². The first-order valence-electron chi connectivity index (χ1n) is 24.6. The van der Waals surface area contributed by atoms with Crippen molar-refractivity contribution in [2.45, 2.75) is 102 Å². The van der Waals surface area contributed by atoms with Crippen LogP contribution in [0.2, 0.25) is 0 Å². The number of carbonyl (C=O) groups is 2. The second-order valence-corrected chi connectivity index (χ2v) is 19.3. The van der Waals surface area contributed by atoms with Gasteiger partial charge in [-0.25, -0.2) is 13.8 Å². The molecule has 0 spiro atoms. The maximum atomic E-state index is 14.1. The highest BCUT2D eigenvalue weighted by atomic mass is 32.3. The van der Waals surface area contributed by atoms with Crippen molar-refractivity contribution in [1.29, 1.82) is 0 Å². The first-order chi connectivity index (χ1) is 36.4. The van der Waals surface area contributed by atoms with Crippen molar-refractivity contribution in [2.75, 3.05) is 27.4 Å². The molecule has 8 rings (SSSR count). The van der Waals surface area contributed by atoms with E-state index in [1.807, 2.05) is 152 Å². The smallest absolute Gasteiger partial charge is 0.397 e. The molecule has 0 saturated carbocycles. The van der Waals surface area contributed by atoms with Crippen LogP contribution in [-0.2, 0) is 105 Å². The summed E-state index contributed by atoms with van der Waals surface area (Å²) in [5.41, 5.74) is 4.92. The number of allylic oxidation sites excluding steroid dienone is 2. The number of carbonyl (C=O) groups excluding carboxylic acids is 2. The molecule has 3 aliphatic rings. The van der Waals surface area contributed by atoms with Gasteiger partial charge in [-0.2, -0.15) is 8.42 Å². The minimum atomic E-state index is -5.18. The first kappa shape index (κ1) is 55.1. The zero-order chi connectivity index (χ0) is 52.7. The Morgan fingerprint density at radius 2 is 1.04 bits per heavy atom. The van der Waals surface area contributed by atoms with Crippen LogP contribution in [0.1, 0.15) is 41.7 Å². The first-order valence-corrected chi connectivity index (χ1v) is 25.9. The topological polar surface area (TPSA) is 202 Å². The Kier molecular flexibility index (Phi) is 19.5. The van der Waals surface area contributed by atoms with E-state index >= 15 is 0 Å². The summed E-state index contributed by atoms with van der Waals surface area (Å²) in [7, 11) is -2.68. The molecule has 3 heterocycles. The van der Waals surface area contributed by atoms with Gasteiger partial charge < -0.3 is 52.7 Å². The molecule has 18 heteroatoms. The molecule has 75 heavy (non-hydrogen) atoms. The van der Waals surface area contributed by atoms with Crippen molar-refractivity contribution in [3.8, 4) is 0 Å². The molecule has 9 atom stereocenters. The number of dihydropyridines is 1. The predicted octanol–water partition coefficient (Wildman–Crippen LogP) is 7.36. The van der Waals surface area contributed by atoms with Crippen LogP contribution in [0.15, 0.2) is 174 Å². The molecule has 17 nitrogen and oxygen atoms in total. The van der Waals surface area contributed by atoms with Gasteiger partial charge in [0.15, 0.2) is 6.29 Å². The van der Waals surface area contributed by atoms with Crippen molar-refractivity contribution >= 4 is 22.3 Å². The molecule has 2 N–H and O–H groups in total. The van der Waals surface area contributed by atoms with Crippen LogP contribution in [0.4, 0.5) is 0 Å². The molecule has 5 aromatic rings. The van der Waals surface area contributed by atoms with Gasteiger partial charge in [0.1, 0.15) is 42.7 Å². The molecule has 0 radical (unpaired) electrons. The molecule has 5 aromatic carbocycles. The van der Waals surface area contributed by atoms with E-state index in [0.717, 1.165) is 27.8 Å². The van der Waals surface area contributed by atoms with Crippen LogP contribution in [0.3, 0.4) is 0 Å². The van der Waals surface area contributed by atoms with Crippen LogP contribution in [0.25, 0.3) is 0 Å². The van der Waals surface area contributed by atoms with Crippen LogP contribution >= 0.6 is 0 Å². The third kappa shape index (κ3) is 14.6. The van der Waals surface area contributed by atoms with E-state index in [2.05, 4.69) is 5.32 Å². The lowest BCUT2D eigenvalue weighted by atomic mass is 9.78. The van der Waals surface area contributed by atoms with E-state index in [4.69, 9.17) is 51.6 Å². The molecule has 2 saturated heterocycles. The van der Waals surface area contributed by atoms with Gasteiger partial charge in [-0.1, -0.05) is 152 Å². The number of benzene rings is 5. The molecule has 0 bridgehead atoms. The summed E-state index contributed by atoms with van der Waals surface area (Å²) in [5.74, 6) is -2.64. The van der Waals surface area contributed by atoms with Gasteiger partial charge in [0, 0.05) is 11.4 Å². The van der Waals surface area contributed by atoms with Crippen molar-refractivity contribution in [1.82, 2.24) is 5.32 Å². The normalized spacial score (nSPS) is 23.6. The number of methoxy groups -OCH3 is 2. The fraction of sp³-hybridized carbons (Fsp3) is 0.368. The molecule has 0 aromatic heterocycles. The number of nitrogens with one attached hydrogen (secondary N) is 1. The summed E-state index contributed by atoms with van der Waals surface area (Å²) in [6, 6.07) is 46.7. The highest BCUT2D eigenvalue weighted by Gasteiger charge is 2.56. The van der Waals surface area contributed by atoms with Crippen molar-refractivity contribution in [2.24, 2.45) is 5.92 Å². The van der Waals surface area contributed by atoms with E-state index in [-0.39, 0.29) is 57.4 Å². The maximum absolute atomic E-state index is 14.1. The fourth-order valence-corrected chi connectivity index (χ4v) is 10.1. The Balaban J connectivity index is 1.26. The standard InChI is InChI=1S/C57H63NO16S/c1-37-46(55(59)64-3)48(47(38(2)58-37)56(60)65-4)51(68-32-41-24-14-7-15-25-41)52-49(44(36-71-52)67-31-40-22-12-6-13-23-40)73-57-54(70-34-43-28-18-9-19-29-43)53(69-33-42-26-16-8-17-27-42)50(74-75(61,62)63)45(72-57)35-66-30-39-20-10-5-11-21-39/h5-29,44-45,48-54,57-58H,30-36H2,1-4H3,(H,61,62,63)/t44-,45-,49+,50+,51+,52+,53+,54-,57+/m1/s1. The Morgan fingerprint density at radius 3 is 1.51 bits per heavy atom. The van der Waals surface area contributed by atoms with Gasteiger partial charge in [-0.05, 0) is 41.7 Å². The Morgan fingerprint density at radius 1 is 0.600 bits per heavy atom. The minimum Gasteiger partial charge on any atom is -0.466 e. The molecule has 0 unspecified atom stereocenters. The van der Waals surface area contributed by atoms with E-state index in [0.29, 0.717) is 11.4 Å². The van der Waals surface area contributed by atoms with Gasteiger partial charge in [-0.15, -0.1) is 0 Å². The highest BCUT2D eigenvalue weighted by Crippen LogP contribution is 2.42. The number of hydrogen-bond acceptors (Lipinski definition) is 16. The number of esters is 2. The second kappa shape index (κ2) is 26.6. The van der Waals surface area contributed by atoms with Gasteiger partial charge >= 0.3 is 22.3 Å². The van der Waals surface area contributed by atoms with E-state index < -0.39 is 83.4 Å². The van der Waals surface area contributed by atoms with Crippen LogP contribution in [-0.4, -0.2) is 107 Å². The second-order valence-electron chi connectivity index (χ2n) is 18.2. The van der Waals surface area contributed by atoms with E-state index in [1.165, 1.54) is 14.2 Å². The SMILES string of the molecule is COC(=O)C1=C(C)NC(C)=C(C(=O)OC)C1[C@H](OCc1ccccc1)[C@H]1OC[C@@H](OCc2ccccc2)[C@@H]1O[C@@H]1O[C@H](COCc2ccccc2)[C@H](OS(=O)(=O)O)[C@H](OCc2ccccc2)[C@H]1OCc1ccccc1. The number of rotatable bonds is 24. The third-order valence-electron chi connectivity index (χ3n) is 13.1. The zero-order valence-electron chi connectivity index (χ0n) is 42.1. The average Bonchev–Trinajstić information content (AvgIpc) is 3.82. The summed E-state index contributed by atoms with van der Waals surface area (Å²) >= 11 is 0. The summed E-state index contributed by atoms with van der Waals surface area (Å²) in [4.78, 5) is 28.1. The van der Waals surface area contributed by atoms with E-state index in [9.17, 15) is 22.6 Å². The molecule has 0 amide bonds. The van der Waals surface area contributed by atoms with Crippen LogP contribution in [0.5, 0.6) is 0 Å². The largest absolute Gasteiger partial charge is 0.466 e. The Hall–Kier alpha value is -6.13. The lowest BCUT2D eigenvalue weighted by Crippen LogP contribution is -2.63. The van der Waals surface area contributed by atoms with Gasteiger partial charge in [0.25, 0.3) is 0 Å². The molecule has 2 fully saturated rings. The van der Waals surface area contributed by atoms with Gasteiger partial charge in [0.2, 0.25) is 0 Å². The van der Waals surface area contributed by atoms with E-state index in [1.54, 1.807) is 13.8 Å². The Labute approximate surface area is 437 Å². The molecular weight excluding hydrogens is 987 g/mol. The van der Waals surface area contributed by atoms with Crippen molar-refractivity contribution in [3.05, 3.63) is 202 Å². The minimum absolute atomic E-state index is 0.00776. The quantitative estimate of drug-likeness (QED) is 0.0458. The summed E-state index contributed by atoms with van der Waals surface area (Å²) in [6.07, 6.45) is -11.4. The van der Waals surface area contributed by atoms with Crippen molar-refractivity contribution in [3.63, 3.8) is 0 Å². The summed E-state index contributed by atoms with van der Waals surface area (Å²) in [5, 5.41) is 3.17. The molecule has 398 valence electrons. The van der Waals surface area contributed by atoms with Gasteiger partial charge in [-0.3, -0.25) is 4.55 Å². The fourth-order valence-electron chi connectivity index (χ4n) is 9.56. The van der Waals surface area contributed by atoms with Crippen LogP contribution in [0, 0.1) is 5.92 Å². The summed E-state index contributed by atoms with van der Waals surface area (Å²) in [6.45, 7) is 3.17. The monoisotopic (exact) mass is 1050 g/mol. The number of hydrogen-bond donors (Lipinski definition) is 2. The molecular formula is C57H63NO16S. The zero-order valence-corrected chi connectivity index (χ0v) is 43.0. The third-order valence-corrected chi connectivity index (χ3v) is 13.5. The lowest BCUT2D eigenvalue weighted by molar-refractivity contribution is -0.335. The maximum Gasteiger partial charge on any atom is 0.397 e. The number of ether oxygens (including phenoxy) is 10. The summed E-state index contributed by atoms with van der Waals surface area (Å²) < 4.78 is 107. The average molecular weight is 1050 g/mol. The Bertz CT molecular complexity index is 2750. The van der Waals surface area contributed by atoms with Crippen LogP contribution < -0.4 is 5.32 Å². The molecule has 0 aliphatic carbocycles.